The Hall–Kier alpha value is -1.93. The molecule has 3 aliphatic rings. The number of hydrogen-bond donors (Lipinski definition) is 1. The number of rotatable bonds is 3. The van der Waals surface area contributed by atoms with E-state index in [1.54, 1.807) is 11.0 Å². The van der Waals surface area contributed by atoms with Crippen molar-refractivity contribution in [2.45, 2.75) is 50.3 Å². The molecule has 1 aromatic carbocycles. The minimum absolute atomic E-state index is 0.116. The van der Waals surface area contributed by atoms with E-state index in [1.807, 2.05) is 18.2 Å². The quantitative estimate of drug-likeness (QED) is 0.814. The number of hydrogen-bond acceptors (Lipinski definition) is 5. The van der Waals surface area contributed by atoms with Crippen LogP contribution in [0.4, 0.5) is 5.69 Å². The van der Waals surface area contributed by atoms with Crippen molar-refractivity contribution in [1.29, 1.82) is 0 Å². The first kappa shape index (κ1) is 17.5. The van der Waals surface area contributed by atoms with Crippen LogP contribution in [0.25, 0.3) is 0 Å². The SMILES string of the molecule is CS(=O)(=O)O[C@@H]1C[C@H]2C(=NC3CCCC3)Nc3ccccc3C(=O)N2C1. The van der Waals surface area contributed by atoms with Crippen LogP contribution in [0, 0.1) is 0 Å². The van der Waals surface area contributed by atoms with Crippen LogP contribution >= 0.6 is 0 Å². The molecule has 1 aromatic rings. The summed E-state index contributed by atoms with van der Waals surface area (Å²) in [6.45, 7) is 0.246. The molecular formula is C18H23N3O4S. The van der Waals surface area contributed by atoms with E-state index in [2.05, 4.69) is 5.32 Å². The van der Waals surface area contributed by atoms with Gasteiger partial charge in [0.25, 0.3) is 16.0 Å². The van der Waals surface area contributed by atoms with Crippen molar-refractivity contribution in [3.63, 3.8) is 0 Å². The lowest BCUT2D eigenvalue weighted by Gasteiger charge is -2.23. The highest BCUT2D eigenvalue weighted by atomic mass is 32.2. The van der Waals surface area contributed by atoms with Gasteiger partial charge in [0, 0.05) is 13.0 Å². The lowest BCUT2D eigenvalue weighted by molar-refractivity contribution is 0.0756. The molecule has 8 heteroatoms. The van der Waals surface area contributed by atoms with Gasteiger partial charge in [-0.15, -0.1) is 0 Å². The second-order valence-electron chi connectivity index (χ2n) is 7.25. The van der Waals surface area contributed by atoms with E-state index in [0.717, 1.165) is 30.6 Å². The zero-order valence-electron chi connectivity index (χ0n) is 14.7. The first-order valence-corrected chi connectivity index (χ1v) is 10.9. The monoisotopic (exact) mass is 377 g/mol. The third-order valence-electron chi connectivity index (χ3n) is 5.22. The first-order chi connectivity index (χ1) is 12.4. The van der Waals surface area contributed by atoms with Crippen LogP contribution in [0.15, 0.2) is 29.3 Å². The van der Waals surface area contributed by atoms with E-state index < -0.39 is 16.2 Å². The number of nitrogens with one attached hydrogen (secondary N) is 1. The molecule has 140 valence electrons. The minimum Gasteiger partial charge on any atom is -0.342 e. The van der Waals surface area contributed by atoms with Gasteiger partial charge in [0.15, 0.2) is 0 Å². The van der Waals surface area contributed by atoms with Crippen molar-refractivity contribution < 1.29 is 17.4 Å². The predicted octanol–water partition coefficient (Wildman–Crippen LogP) is 2.01. The van der Waals surface area contributed by atoms with Crippen LogP contribution in [0.5, 0.6) is 0 Å². The number of benzene rings is 1. The number of nitrogens with zero attached hydrogens (tertiary/aromatic N) is 2. The van der Waals surface area contributed by atoms with Gasteiger partial charge in [0.1, 0.15) is 5.84 Å². The molecule has 0 spiro atoms. The maximum absolute atomic E-state index is 13.0. The fraction of sp³-hybridized carbons (Fsp3) is 0.556. The molecule has 2 heterocycles. The van der Waals surface area contributed by atoms with Gasteiger partial charge in [0.2, 0.25) is 0 Å². The van der Waals surface area contributed by atoms with E-state index >= 15 is 0 Å². The standard InChI is InChI=1S/C18H23N3O4S/c1-26(23,24)25-13-10-16-17(19-12-6-2-3-7-12)20-15-9-5-4-8-14(15)18(22)21(16)11-13/h4-5,8-9,12-13,16H,2-3,6-7,10-11H2,1H3,(H,19,20)/t13-,16+/m1/s1. The van der Waals surface area contributed by atoms with Crippen LogP contribution in [-0.2, 0) is 14.3 Å². The Morgan fingerprint density at radius 3 is 2.69 bits per heavy atom. The molecule has 1 saturated heterocycles. The molecule has 1 amide bonds. The summed E-state index contributed by atoms with van der Waals surface area (Å²) in [5, 5.41) is 3.35. The predicted molar refractivity (Wildman–Crippen MR) is 98.9 cm³/mol. The number of amidine groups is 1. The molecule has 1 N–H and O–H groups in total. The smallest absolute Gasteiger partial charge is 0.264 e. The fourth-order valence-electron chi connectivity index (χ4n) is 4.10. The molecular weight excluding hydrogens is 354 g/mol. The molecule has 2 aliphatic heterocycles. The number of carbonyl (C=O) groups excluding carboxylic acids is 1. The molecule has 0 unspecified atom stereocenters. The maximum atomic E-state index is 13.0. The Balaban J connectivity index is 1.70. The first-order valence-electron chi connectivity index (χ1n) is 9.04. The lowest BCUT2D eigenvalue weighted by Crippen LogP contribution is -2.41. The maximum Gasteiger partial charge on any atom is 0.264 e. The van der Waals surface area contributed by atoms with Crippen LogP contribution in [0.2, 0.25) is 0 Å². The zero-order valence-corrected chi connectivity index (χ0v) is 15.5. The lowest BCUT2D eigenvalue weighted by atomic mass is 10.1. The molecule has 26 heavy (non-hydrogen) atoms. The largest absolute Gasteiger partial charge is 0.342 e. The number of para-hydroxylation sites is 1. The molecule has 7 nitrogen and oxygen atoms in total. The molecule has 2 fully saturated rings. The van der Waals surface area contributed by atoms with E-state index in [0.29, 0.717) is 12.0 Å². The third-order valence-corrected chi connectivity index (χ3v) is 5.84. The van der Waals surface area contributed by atoms with Crippen LogP contribution < -0.4 is 5.32 Å². The van der Waals surface area contributed by atoms with Crippen molar-refractivity contribution in [2.75, 3.05) is 18.1 Å². The molecule has 0 radical (unpaired) electrons. The zero-order chi connectivity index (χ0) is 18.3. The van der Waals surface area contributed by atoms with Gasteiger partial charge in [-0.2, -0.15) is 8.42 Å². The average molecular weight is 377 g/mol. The highest BCUT2D eigenvalue weighted by molar-refractivity contribution is 7.86. The van der Waals surface area contributed by atoms with E-state index in [-0.39, 0.29) is 24.5 Å². The normalized spacial score (nSPS) is 28.0. The summed E-state index contributed by atoms with van der Waals surface area (Å²) in [6.07, 6.45) is 5.37. The summed E-state index contributed by atoms with van der Waals surface area (Å²) in [7, 11) is -3.58. The van der Waals surface area contributed by atoms with Crippen LogP contribution in [0.3, 0.4) is 0 Å². The summed E-state index contributed by atoms with van der Waals surface area (Å²) in [6, 6.07) is 7.34. The van der Waals surface area contributed by atoms with Gasteiger partial charge in [-0.3, -0.25) is 14.0 Å². The Morgan fingerprint density at radius 1 is 1.23 bits per heavy atom. The molecule has 4 rings (SSSR count). The topological polar surface area (TPSA) is 88.1 Å². The van der Waals surface area contributed by atoms with Crippen LogP contribution in [-0.4, -0.2) is 56.0 Å². The van der Waals surface area contributed by atoms with Crippen LogP contribution in [0.1, 0.15) is 42.5 Å². The summed E-state index contributed by atoms with van der Waals surface area (Å²) in [5.74, 6) is 0.629. The second-order valence-corrected chi connectivity index (χ2v) is 8.86. The van der Waals surface area contributed by atoms with Gasteiger partial charge in [0.05, 0.1) is 35.7 Å². The van der Waals surface area contributed by atoms with E-state index in [4.69, 9.17) is 9.18 Å². The van der Waals surface area contributed by atoms with Crippen molar-refractivity contribution in [3.05, 3.63) is 29.8 Å². The number of fused-ring (bicyclic) bond motifs is 2. The highest BCUT2D eigenvalue weighted by Gasteiger charge is 2.43. The summed E-state index contributed by atoms with van der Waals surface area (Å²) in [4.78, 5) is 19.6. The van der Waals surface area contributed by atoms with Gasteiger partial charge in [-0.1, -0.05) is 25.0 Å². The number of anilines is 1. The third kappa shape index (κ3) is 3.48. The van der Waals surface area contributed by atoms with Crippen molar-refractivity contribution in [3.8, 4) is 0 Å². The van der Waals surface area contributed by atoms with Crippen molar-refractivity contribution in [2.24, 2.45) is 4.99 Å². The second kappa shape index (κ2) is 6.66. The molecule has 1 saturated carbocycles. The average Bonchev–Trinajstić information content (AvgIpc) is 3.20. The van der Waals surface area contributed by atoms with Gasteiger partial charge < -0.3 is 10.2 Å². The molecule has 2 atom stereocenters. The minimum atomic E-state index is -3.58. The number of amides is 1. The number of carbonyl (C=O) groups is 1. The Bertz CT molecular complexity index is 846. The van der Waals surface area contributed by atoms with Gasteiger partial charge in [-0.25, -0.2) is 0 Å². The van der Waals surface area contributed by atoms with Crippen molar-refractivity contribution in [1.82, 2.24) is 4.90 Å². The number of aliphatic imine (C=N–C) groups is 1. The summed E-state index contributed by atoms with van der Waals surface area (Å²) in [5.41, 5.74) is 1.33. The summed E-state index contributed by atoms with van der Waals surface area (Å²) < 4.78 is 28.2. The fourth-order valence-corrected chi connectivity index (χ4v) is 4.73. The van der Waals surface area contributed by atoms with E-state index in [9.17, 15) is 13.2 Å². The Labute approximate surface area is 153 Å². The van der Waals surface area contributed by atoms with E-state index in [1.165, 1.54) is 12.8 Å². The Kier molecular flexibility index (Phi) is 4.48. The van der Waals surface area contributed by atoms with Gasteiger partial charge in [-0.05, 0) is 25.0 Å². The van der Waals surface area contributed by atoms with Gasteiger partial charge >= 0.3 is 0 Å². The Morgan fingerprint density at radius 2 is 1.96 bits per heavy atom. The molecule has 0 aromatic heterocycles. The molecule has 0 bridgehead atoms. The molecule has 1 aliphatic carbocycles. The van der Waals surface area contributed by atoms with Crippen molar-refractivity contribution >= 4 is 27.5 Å². The highest BCUT2D eigenvalue weighted by Crippen LogP contribution is 2.32. The summed E-state index contributed by atoms with van der Waals surface area (Å²) >= 11 is 0.